The predicted octanol–water partition coefficient (Wildman–Crippen LogP) is 4.13. The molecule has 2 aromatic rings. The van der Waals surface area contributed by atoms with Gasteiger partial charge in [0.1, 0.15) is 10.6 Å². The zero-order valence-corrected chi connectivity index (χ0v) is 15.1. The molecule has 0 atom stereocenters. The van der Waals surface area contributed by atoms with Gasteiger partial charge >= 0.3 is 0 Å². The van der Waals surface area contributed by atoms with Crippen LogP contribution < -0.4 is 9.46 Å². The maximum atomic E-state index is 12.7. The van der Waals surface area contributed by atoms with Crippen molar-refractivity contribution in [2.75, 3.05) is 11.8 Å². The van der Waals surface area contributed by atoms with E-state index in [1.165, 1.54) is 7.11 Å². The van der Waals surface area contributed by atoms with E-state index in [1.807, 2.05) is 26.0 Å². The fourth-order valence-electron chi connectivity index (χ4n) is 2.09. The Bertz CT molecular complexity index is 788. The van der Waals surface area contributed by atoms with Gasteiger partial charge < -0.3 is 4.74 Å². The molecular formula is C16H18BrNO3S. The van der Waals surface area contributed by atoms with Crippen molar-refractivity contribution in [2.24, 2.45) is 0 Å². The molecule has 1 N–H and O–H groups in total. The molecule has 0 aliphatic heterocycles. The second kappa shape index (κ2) is 6.71. The zero-order chi connectivity index (χ0) is 16.3. The number of ether oxygens (including phenoxy) is 1. The first-order chi connectivity index (χ1) is 10.4. The number of halogens is 1. The van der Waals surface area contributed by atoms with Crippen molar-refractivity contribution in [3.63, 3.8) is 0 Å². The highest BCUT2D eigenvalue weighted by atomic mass is 79.9. The maximum absolute atomic E-state index is 12.7. The van der Waals surface area contributed by atoms with E-state index in [0.717, 1.165) is 22.0 Å². The van der Waals surface area contributed by atoms with Crippen molar-refractivity contribution >= 4 is 31.6 Å². The molecule has 0 saturated carbocycles. The Labute approximate surface area is 139 Å². The van der Waals surface area contributed by atoms with Crippen LogP contribution in [0, 0.1) is 6.92 Å². The molecule has 118 valence electrons. The van der Waals surface area contributed by atoms with Crippen molar-refractivity contribution in [2.45, 2.75) is 25.2 Å². The van der Waals surface area contributed by atoms with E-state index >= 15 is 0 Å². The lowest BCUT2D eigenvalue weighted by atomic mass is 10.2. The number of rotatable bonds is 5. The second-order valence-electron chi connectivity index (χ2n) is 4.90. The minimum Gasteiger partial charge on any atom is -0.495 e. The van der Waals surface area contributed by atoms with Crippen LogP contribution in [-0.4, -0.2) is 15.5 Å². The highest BCUT2D eigenvalue weighted by molar-refractivity contribution is 9.10. The van der Waals surface area contributed by atoms with Gasteiger partial charge in [0, 0.05) is 4.47 Å². The molecule has 0 aliphatic rings. The number of hydrogen-bond acceptors (Lipinski definition) is 3. The highest BCUT2D eigenvalue weighted by Gasteiger charge is 2.20. The lowest BCUT2D eigenvalue weighted by Gasteiger charge is -2.14. The minimum atomic E-state index is -3.71. The Morgan fingerprint density at radius 3 is 2.50 bits per heavy atom. The van der Waals surface area contributed by atoms with Crippen LogP contribution in [-0.2, 0) is 16.4 Å². The number of nitrogens with one attached hydrogen (secondary N) is 1. The molecule has 0 spiro atoms. The van der Waals surface area contributed by atoms with Crippen LogP contribution in [0.1, 0.15) is 18.1 Å². The fourth-order valence-corrected chi connectivity index (χ4v) is 3.92. The Hall–Kier alpha value is -1.53. The first kappa shape index (κ1) is 16.8. The van der Waals surface area contributed by atoms with Gasteiger partial charge in [0.25, 0.3) is 10.0 Å². The van der Waals surface area contributed by atoms with Crippen molar-refractivity contribution in [3.05, 3.63) is 52.0 Å². The summed E-state index contributed by atoms with van der Waals surface area (Å²) < 4.78 is 34.1. The van der Waals surface area contributed by atoms with Crippen LogP contribution in [0.2, 0.25) is 0 Å². The average Bonchev–Trinajstić information content (AvgIpc) is 2.49. The summed E-state index contributed by atoms with van der Waals surface area (Å²) in [5.74, 6) is 0.333. The summed E-state index contributed by atoms with van der Waals surface area (Å²) >= 11 is 3.37. The Morgan fingerprint density at radius 1 is 1.18 bits per heavy atom. The van der Waals surface area contributed by atoms with E-state index in [2.05, 4.69) is 20.7 Å². The standard InChI is InChI=1S/C16H18BrNO3S/c1-4-12-5-8-15(21-3)16(10-12)22(19,20)18-14-7-6-13(17)9-11(14)2/h5-10,18H,4H2,1-3H3. The van der Waals surface area contributed by atoms with Gasteiger partial charge in [-0.25, -0.2) is 8.42 Å². The largest absolute Gasteiger partial charge is 0.495 e. The van der Waals surface area contributed by atoms with Gasteiger partial charge in [0.2, 0.25) is 0 Å². The van der Waals surface area contributed by atoms with Gasteiger partial charge in [-0.2, -0.15) is 0 Å². The van der Waals surface area contributed by atoms with Crippen LogP contribution >= 0.6 is 15.9 Å². The molecule has 2 aromatic carbocycles. The maximum Gasteiger partial charge on any atom is 0.265 e. The molecule has 0 aliphatic carbocycles. The molecule has 4 nitrogen and oxygen atoms in total. The van der Waals surface area contributed by atoms with E-state index in [0.29, 0.717) is 11.4 Å². The predicted molar refractivity (Wildman–Crippen MR) is 92.1 cm³/mol. The normalized spacial score (nSPS) is 11.3. The Morgan fingerprint density at radius 2 is 1.91 bits per heavy atom. The Kier molecular flexibility index (Phi) is 5.13. The van der Waals surface area contributed by atoms with Crippen LogP contribution in [0.4, 0.5) is 5.69 Å². The van der Waals surface area contributed by atoms with Gasteiger partial charge in [-0.1, -0.05) is 28.9 Å². The number of aryl methyl sites for hydroxylation is 2. The van der Waals surface area contributed by atoms with Gasteiger partial charge in [0.15, 0.2) is 0 Å². The molecule has 0 saturated heterocycles. The van der Waals surface area contributed by atoms with Crippen LogP contribution in [0.25, 0.3) is 0 Å². The third-order valence-electron chi connectivity index (χ3n) is 3.36. The lowest BCUT2D eigenvalue weighted by molar-refractivity contribution is 0.402. The quantitative estimate of drug-likeness (QED) is 0.844. The molecule has 22 heavy (non-hydrogen) atoms. The van der Waals surface area contributed by atoms with Crippen molar-refractivity contribution < 1.29 is 13.2 Å². The fraction of sp³-hybridized carbons (Fsp3) is 0.250. The number of benzene rings is 2. The number of methoxy groups -OCH3 is 1. The van der Waals surface area contributed by atoms with E-state index in [9.17, 15) is 8.42 Å². The topological polar surface area (TPSA) is 55.4 Å². The number of hydrogen-bond donors (Lipinski definition) is 1. The van der Waals surface area contributed by atoms with Crippen LogP contribution in [0.3, 0.4) is 0 Å². The summed E-state index contributed by atoms with van der Waals surface area (Å²) in [6, 6.07) is 10.6. The van der Waals surface area contributed by atoms with Gasteiger partial charge in [-0.15, -0.1) is 0 Å². The lowest BCUT2D eigenvalue weighted by Crippen LogP contribution is -2.15. The molecule has 6 heteroatoms. The number of anilines is 1. The van der Waals surface area contributed by atoms with E-state index in [-0.39, 0.29) is 4.90 Å². The smallest absolute Gasteiger partial charge is 0.265 e. The summed E-state index contributed by atoms with van der Waals surface area (Å²) in [7, 11) is -2.25. The van der Waals surface area contributed by atoms with Crippen LogP contribution in [0.5, 0.6) is 5.75 Å². The monoisotopic (exact) mass is 383 g/mol. The summed E-state index contributed by atoms with van der Waals surface area (Å²) in [5.41, 5.74) is 2.32. The van der Waals surface area contributed by atoms with Gasteiger partial charge in [-0.3, -0.25) is 4.72 Å². The summed E-state index contributed by atoms with van der Waals surface area (Å²) in [4.78, 5) is 0.150. The average molecular weight is 384 g/mol. The third kappa shape index (κ3) is 3.62. The van der Waals surface area contributed by atoms with Crippen molar-refractivity contribution in [1.82, 2.24) is 0 Å². The van der Waals surface area contributed by atoms with E-state index < -0.39 is 10.0 Å². The summed E-state index contributed by atoms with van der Waals surface area (Å²) in [5, 5.41) is 0. The molecule has 2 rings (SSSR count). The third-order valence-corrected chi connectivity index (χ3v) is 5.24. The van der Waals surface area contributed by atoms with Gasteiger partial charge in [-0.05, 0) is 54.8 Å². The first-order valence-corrected chi connectivity index (χ1v) is 9.11. The van der Waals surface area contributed by atoms with Crippen molar-refractivity contribution in [3.8, 4) is 5.75 Å². The summed E-state index contributed by atoms with van der Waals surface area (Å²) in [6.07, 6.45) is 0.754. The zero-order valence-electron chi connectivity index (χ0n) is 12.7. The molecule has 0 heterocycles. The second-order valence-corrected chi connectivity index (χ2v) is 7.47. The first-order valence-electron chi connectivity index (χ1n) is 6.83. The molecule has 0 radical (unpaired) electrons. The van der Waals surface area contributed by atoms with E-state index in [4.69, 9.17) is 4.74 Å². The van der Waals surface area contributed by atoms with E-state index in [1.54, 1.807) is 24.3 Å². The molecule has 0 fully saturated rings. The molecule has 0 amide bonds. The molecule has 0 unspecified atom stereocenters. The molecule has 0 aromatic heterocycles. The SMILES string of the molecule is CCc1ccc(OC)c(S(=O)(=O)Nc2ccc(Br)cc2C)c1. The Balaban J connectivity index is 2.46. The summed E-state index contributed by atoms with van der Waals surface area (Å²) in [6.45, 7) is 3.83. The van der Waals surface area contributed by atoms with Crippen molar-refractivity contribution in [1.29, 1.82) is 0 Å². The number of sulfonamides is 1. The highest BCUT2D eigenvalue weighted by Crippen LogP contribution is 2.29. The molecular weight excluding hydrogens is 366 g/mol. The van der Waals surface area contributed by atoms with Crippen LogP contribution in [0.15, 0.2) is 45.8 Å². The van der Waals surface area contributed by atoms with Gasteiger partial charge in [0.05, 0.1) is 12.8 Å². The molecule has 0 bridgehead atoms. The minimum absolute atomic E-state index is 0.150.